The molecule has 0 bridgehead atoms. The molecule has 4 aliphatic carbocycles. The summed E-state index contributed by atoms with van der Waals surface area (Å²) in [6.45, 7) is 21.8. The molecule has 0 saturated heterocycles. The molecule has 0 saturated carbocycles. The topological polar surface area (TPSA) is 8.17 Å². The first-order valence-electron chi connectivity index (χ1n) is 25.4. The molecule has 9 aromatic rings. The average molecular weight is 877 g/mol. The minimum absolute atomic E-state index is 0.0348. The second kappa shape index (κ2) is 12.5. The van der Waals surface area contributed by atoms with Crippen LogP contribution in [0, 0.1) is 0 Å². The molecule has 15 rings (SSSR count). The molecular formula is C65H57BN2. The summed E-state index contributed by atoms with van der Waals surface area (Å²) < 4.78 is 2.78. The maximum atomic E-state index is 2.80. The lowest BCUT2D eigenvalue weighted by Gasteiger charge is -2.44. The van der Waals surface area contributed by atoms with Crippen molar-refractivity contribution >= 4 is 51.0 Å². The van der Waals surface area contributed by atoms with E-state index in [9.17, 15) is 0 Å². The SMILES string of the molecule is CC(C)(C)c1ccc(N2B3c4cc5c(cc4-n4c6cc7c(cc6c6c8c(c(c3c64)-c3cc4c(cc32)-c2ccccc2C4(C)C)C(C)(C)c2ccccc2-8)CCCC7)-c2ccccc2C5(C)C)cc1. The van der Waals surface area contributed by atoms with Crippen LogP contribution in [0.4, 0.5) is 11.4 Å². The van der Waals surface area contributed by atoms with Gasteiger partial charge in [-0.25, -0.2) is 0 Å². The number of hydrogen-bond acceptors (Lipinski definition) is 1. The van der Waals surface area contributed by atoms with E-state index in [0.717, 1.165) is 12.8 Å². The molecule has 68 heavy (non-hydrogen) atoms. The van der Waals surface area contributed by atoms with E-state index in [1.54, 1.807) is 5.56 Å². The van der Waals surface area contributed by atoms with E-state index in [1.165, 1.54) is 152 Å². The van der Waals surface area contributed by atoms with Crippen LogP contribution in [0.15, 0.2) is 133 Å². The van der Waals surface area contributed by atoms with Crippen LogP contribution in [0.2, 0.25) is 0 Å². The van der Waals surface area contributed by atoms with E-state index in [-0.39, 0.29) is 28.5 Å². The summed E-state index contributed by atoms with van der Waals surface area (Å²) >= 11 is 0. The fourth-order valence-electron chi connectivity index (χ4n) is 14.9. The first kappa shape index (κ1) is 39.4. The number of rotatable bonds is 1. The third-order valence-electron chi connectivity index (χ3n) is 18.2. The number of aryl methyl sites for hydroxylation is 2. The third-order valence-corrected chi connectivity index (χ3v) is 18.2. The molecule has 0 radical (unpaired) electrons. The van der Waals surface area contributed by atoms with Gasteiger partial charge in [0.15, 0.2) is 0 Å². The maximum absolute atomic E-state index is 2.80. The van der Waals surface area contributed by atoms with Crippen molar-refractivity contribution in [1.29, 1.82) is 0 Å². The third kappa shape index (κ3) is 4.62. The van der Waals surface area contributed by atoms with Crippen molar-refractivity contribution in [3.8, 4) is 50.2 Å². The van der Waals surface area contributed by atoms with Gasteiger partial charge in [0, 0.05) is 49.6 Å². The summed E-state index contributed by atoms with van der Waals surface area (Å²) in [4.78, 5) is 2.80. The standard InChI is InChI=1S/C65H57BN2/c1-62(2,3)38-26-28-39(29-27-38)68-54-33-43-40-20-12-15-23-47(40)63(4,5)50(43)32-46(54)58-59-56(42-22-14-17-25-49(42)65(59,8)9)57-45-30-36-18-10-11-19-37(36)31-53(45)67-55-34-44-41-21-13-16-24-48(41)64(6,7)51(44)35-52(55)66(68)60(58)61(57)67/h12-17,20-35H,10-11,18-19H2,1-9H3. The number of hydrogen-bond donors (Lipinski definition) is 0. The number of nitrogens with zero attached hydrogens (tertiary/aromatic N) is 2. The lowest BCUT2D eigenvalue weighted by Crippen LogP contribution is -2.61. The van der Waals surface area contributed by atoms with Crippen molar-refractivity contribution in [3.63, 3.8) is 0 Å². The highest BCUT2D eigenvalue weighted by Gasteiger charge is 2.52. The second-order valence-corrected chi connectivity index (χ2v) is 23.9. The lowest BCUT2D eigenvalue weighted by atomic mass is 9.43. The largest absolute Gasteiger partial charge is 0.376 e. The summed E-state index contributed by atoms with van der Waals surface area (Å²) in [7, 11) is 0. The number of anilines is 2. The molecule has 0 amide bonds. The highest BCUT2D eigenvalue weighted by molar-refractivity contribution is 6.94. The molecule has 0 atom stereocenters. The van der Waals surface area contributed by atoms with Gasteiger partial charge in [0.25, 0.3) is 0 Å². The van der Waals surface area contributed by atoms with Gasteiger partial charge >= 0.3 is 6.85 Å². The monoisotopic (exact) mass is 876 g/mol. The molecule has 0 spiro atoms. The van der Waals surface area contributed by atoms with Crippen LogP contribution in [0.25, 0.3) is 72.0 Å². The number of benzene rings is 8. The molecule has 8 aromatic carbocycles. The van der Waals surface area contributed by atoms with Gasteiger partial charge in [-0.3, -0.25) is 0 Å². The molecule has 1 aromatic heterocycles. The van der Waals surface area contributed by atoms with Gasteiger partial charge in [0.1, 0.15) is 0 Å². The van der Waals surface area contributed by atoms with E-state index in [1.807, 2.05) is 0 Å². The van der Waals surface area contributed by atoms with Crippen molar-refractivity contribution in [3.05, 3.63) is 184 Å². The molecule has 0 fully saturated rings. The van der Waals surface area contributed by atoms with Crippen molar-refractivity contribution in [2.75, 3.05) is 4.81 Å². The Balaban J connectivity index is 1.18. The van der Waals surface area contributed by atoms with Crippen LogP contribution < -0.4 is 15.7 Å². The fraction of sp³-hybridized carbons (Fsp3) is 0.262. The summed E-state index contributed by atoms with van der Waals surface area (Å²) in [5.74, 6) is 0. The quantitative estimate of drug-likeness (QED) is 0.149. The lowest BCUT2D eigenvalue weighted by molar-refractivity contribution is 0.590. The van der Waals surface area contributed by atoms with Crippen LogP contribution in [-0.2, 0) is 34.5 Å². The summed E-state index contributed by atoms with van der Waals surface area (Å²) in [5, 5.41) is 2.86. The van der Waals surface area contributed by atoms with Crippen LogP contribution in [0.3, 0.4) is 0 Å². The normalized spacial score (nSPS) is 17.5. The summed E-state index contributed by atoms with van der Waals surface area (Å²) in [5.41, 5.74) is 33.2. The first-order valence-corrected chi connectivity index (χ1v) is 25.4. The fourth-order valence-corrected chi connectivity index (χ4v) is 14.9. The Bertz CT molecular complexity index is 3810. The zero-order valence-electron chi connectivity index (χ0n) is 41.0. The molecule has 3 heterocycles. The van der Waals surface area contributed by atoms with Crippen LogP contribution in [0.1, 0.15) is 125 Å². The van der Waals surface area contributed by atoms with Gasteiger partial charge in [-0.2, -0.15) is 0 Å². The Morgan fingerprint density at radius 2 is 1.06 bits per heavy atom. The van der Waals surface area contributed by atoms with Gasteiger partial charge in [0.05, 0.1) is 11.0 Å². The predicted octanol–water partition coefficient (Wildman–Crippen LogP) is 15.1. The van der Waals surface area contributed by atoms with E-state index >= 15 is 0 Å². The van der Waals surface area contributed by atoms with Crippen molar-refractivity contribution in [1.82, 2.24) is 4.57 Å². The zero-order chi connectivity index (χ0) is 46.1. The Morgan fingerprint density at radius 1 is 0.500 bits per heavy atom. The Kier molecular flexibility index (Phi) is 7.27. The van der Waals surface area contributed by atoms with Crippen molar-refractivity contribution in [2.24, 2.45) is 0 Å². The average Bonchev–Trinajstić information content (AvgIpc) is 3.95. The van der Waals surface area contributed by atoms with Gasteiger partial charge in [-0.05, 0) is 174 Å². The van der Waals surface area contributed by atoms with E-state index in [0.29, 0.717) is 0 Å². The predicted molar refractivity (Wildman–Crippen MR) is 288 cm³/mol. The van der Waals surface area contributed by atoms with Crippen LogP contribution in [-0.4, -0.2) is 11.4 Å². The minimum Gasteiger partial charge on any atom is -0.376 e. The van der Waals surface area contributed by atoms with Gasteiger partial charge in [-0.1, -0.05) is 153 Å². The number of aromatic nitrogens is 1. The Morgan fingerprint density at radius 3 is 1.69 bits per heavy atom. The van der Waals surface area contributed by atoms with E-state index < -0.39 is 0 Å². The van der Waals surface area contributed by atoms with E-state index in [2.05, 4.69) is 205 Å². The molecule has 0 unspecified atom stereocenters. The van der Waals surface area contributed by atoms with Gasteiger partial charge < -0.3 is 9.38 Å². The number of fused-ring (bicyclic) bond motifs is 20. The summed E-state index contributed by atoms with van der Waals surface area (Å²) in [6, 6.07) is 53.4. The molecule has 330 valence electrons. The summed E-state index contributed by atoms with van der Waals surface area (Å²) in [6.07, 6.45) is 4.82. The van der Waals surface area contributed by atoms with Gasteiger partial charge in [-0.15, -0.1) is 0 Å². The maximum Gasteiger partial charge on any atom is 0.333 e. The van der Waals surface area contributed by atoms with Crippen LogP contribution >= 0.6 is 0 Å². The van der Waals surface area contributed by atoms with Crippen molar-refractivity contribution in [2.45, 2.75) is 110 Å². The zero-order valence-corrected chi connectivity index (χ0v) is 41.0. The molecule has 0 N–H and O–H groups in total. The smallest absolute Gasteiger partial charge is 0.333 e. The first-order chi connectivity index (χ1) is 32.7. The molecule has 2 aliphatic heterocycles. The van der Waals surface area contributed by atoms with Crippen LogP contribution in [0.5, 0.6) is 0 Å². The highest BCUT2D eigenvalue weighted by atomic mass is 15.1. The molecular weight excluding hydrogens is 820 g/mol. The minimum atomic E-state index is -0.244. The van der Waals surface area contributed by atoms with Crippen molar-refractivity contribution < 1.29 is 0 Å². The second-order valence-electron chi connectivity index (χ2n) is 23.9. The Hall–Kier alpha value is -6.58. The molecule has 2 nitrogen and oxygen atoms in total. The Labute approximate surface area is 401 Å². The molecule has 6 aliphatic rings. The highest BCUT2D eigenvalue weighted by Crippen LogP contribution is 2.61. The van der Waals surface area contributed by atoms with Gasteiger partial charge in [0.2, 0.25) is 0 Å². The van der Waals surface area contributed by atoms with E-state index in [4.69, 9.17) is 0 Å². The molecule has 3 heteroatoms.